The van der Waals surface area contributed by atoms with Crippen LogP contribution in [0.3, 0.4) is 0 Å². The van der Waals surface area contributed by atoms with E-state index < -0.39 is 18.1 Å². The van der Waals surface area contributed by atoms with Crippen LogP contribution >= 0.6 is 0 Å². The molecule has 2 unspecified atom stereocenters. The third-order valence-corrected chi connectivity index (χ3v) is 5.93. The maximum atomic E-state index is 13.0. The first kappa shape index (κ1) is 18.3. The van der Waals surface area contributed by atoms with Gasteiger partial charge in [-0.3, -0.25) is 14.5 Å². The van der Waals surface area contributed by atoms with Crippen molar-refractivity contribution in [1.82, 2.24) is 14.7 Å². The fraction of sp³-hybridized carbons (Fsp3) is 0.579. The number of hydrogen-bond acceptors (Lipinski definition) is 3. The Labute approximate surface area is 155 Å². The zero-order valence-corrected chi connectivity index (χ0v) is 14.9. The fourth-order valence-corrected chi connectivity index (χ4v) is 4.57. The van der Waals surface area contributed by atoms with Crippen molar-refractivity contribution >= 4 is 11.8 Å². The van der Waals surface area contributed by atoms with Crippen LogP contribution in [0.1, 0.15) is 30.0 Å². The van der Waals surface area contributed by atoms with Crippen molar-refractivity contribution in [2.45, 2.75) is 37.5 Å². The van der Waals surface area contributed by atoms with E-state index in [1.54, 1.807) is 4.90 Å². The molecule has 0 saturated carbocycles. The molecule has 2 amide bonds. The van der Waals surface area contributed by atoms with E-state index in [4.69, 9.17) is 0 Å². The van der Waals surface area contributed by atoms with Crippen LogP contribution in [-0.4, -0.2) is 71.5 Å². The Hall–Kier alpha value is -2.09. The number of likely N-dealkylation sites (tertiary alicyclic amines) is 1. The van der Waals surface area contributed by atoms with Gasteiger partial charge in [-0.1, -0.05) is 24.3 Å². The Bertz CT molecular complexity index is 752. The second-order valence-corrected chi connectivity index (χ2v) is 7.44. The first-order valence-electron chi connectivity index (χ1n) is 9.34. The highest BCUT2D eigenvalue weighted by molar-refractivity contribution is 5.90. The molecule has 0 radical (unpaired) electrons. The second kappa shape index (κ2) is 6.82. The summed E-state index contributed by atoms with van der Waals surface area (Å²) in [6, 6.07) is 7.21. The summed E-state index contributed by atoms with van der Waals surface area (Å²) in [6.45, 7) is 2.56. The van der Waals surface area contributed by atoms with Gasteiger partial charge in [0, 0.05) is 32.7 Å². The molecular weight excluding hydrogens is 359 g/mol. The Kier molecular flexibility index (Phi) is 4.61. The van der Waals surface area contributed by atoms with Gasteiger partial charge < -0.3 is 9.80 Å². The number of fused-ring (bicyclic) bond motifs is 3. The summed E-state index contributed by atoms with van der Waals surface area (Å²) < 4.78 is 38.5. The van der Waals surface area contributed by atoms with Gasteiger partial charge in [0.1, 0.15) is 6.04 Å². The highest BCUT2D eigenvalue weighted by Crippen LogP contribution is 2.34. The first-order valence-corrected chi connectivity index (χ1v) is 9.34. The third kappa shape index (κ3) is 3.31. The summed E-state index contributed by atoms with van der Waals surface area (Å²) in [5, 5.41) is 0. The molecule has 146 valence electrons. The molecule has 0 aliphatic carbocycles. The van der Waals surface area contributed by atoms with Gasteiger partial charge in [0.25, 0.3) is 0 Å². The smallest absolute Gasteiger partial charge is 0.338 e. The fourth-order valence-electron chi connectivity index (χ4n) is 4.57. The minimum absolute atomic E-state index is 0.0129. The lowest BCUT2D eigenvalue weighted by Crippen LogP contribution is -2.57. The van der Waals surface area contributed by atoms with Crippen molar-refractivity contribution in [3.8, 4) is 0 Å². The van der Waals surface area contributed by atoms with E-state index in [0.717, 1.165) is 13.0 Å². The van der Waals surface area contributed by atoms with Crippen LogP contribution in [0.15, 0.2) is 24.3 Å². The topological polar surface area (TPSA) is 43.9 Å². The van der Waals surface area contributed by atoms with Crippen molar-refractivity contribution in [3.63, 3.8) is 0 Å². The predicted molar refractivity (Wildman–Crippen MR) is 91.8 cm³/mol. The Morgan fingerprint density at radius 1 is 1.04 bits per heavy atom. The molecule has 2 saturated heterocycles. The number of benzene rings is 1. The van der Waals surface area contributed by atoms with Gasteiger partial charge in [0.2, 0.25) is 5.91 Å². The molecule has 27 heavy (non-hydrogen) atoms. The zero-order chi connectivity index (χ0) is 19.2. The maximum absolute atomic E-state index is 13.0. The maximum Gasteiger partial charge on any atom is 0.471 e. The number of amides is 2. The molecule has 3 aliphatic heterocycles. The summed E-state index contributed by atoms with van der Waals surface area (Å²) in [7, 11) is 0. The number of piperazine rings is 1. The number of rotatable bonds is 1. The first-order chi connectivity index (χ1) is 12.9. The third-order valence-electron chi connectivity index (χ3n) is 5.93. The molecule has 0 bridgehead atoms. The summed E-state index contributed by atoms with van der Waals surface area (Å²) in [5.74, 6) is -2.26. The lowest BCUT2D eigenvalue weighted by Gasteiger charge is -2.45. The molecule has 2 atom stereocenters. The van der Waals surface area contributed by atoms with Crippen molar-refractivity contribution < 1.29 is 22.8 Å². The molecule has 0 spiro atoms. The monoisotopic (exact) mass is 381 g/mol. The van der Waals surface area contributed by atoms with Gasteiger partial charge in [-0.2, -0.15) is 13.2 Å². The van der Waals surface area contributed by atoms with Gasteiger partial charge >= 0.3 is 12.1 Å². The van der Waals surface area contributed by atoms with E-state index in [-0.39, 0.29) is 18.5 Å². The summed E-state index contributed by atoms with van der Waals surface area (Å²) in [5.41, 5.74) is 2.46. The Morgan fingerprint density at radius 2 is 1.81 bits per heavy atom. The number of halogens is 3. The van der Waals surface area contributed by atoms with Crippen molar-refractivity contribution in [1.29, 1.82) is 0 Å². The van der Waals surface area contributed by atoms with Crippen molar-refractivity contribution in [2.24, 2.45) is 0 Å². The molecule has 1 aromatic rings. The molecule has 3 aliphatic rings. The average Bonchev–Trinajstić information content (AvgIpc) is 3.15. The highest BCUT2D eigenvalue weighted by atomic mass is 19.4. The van der Waals surface area contributed by atoms with Crippen LogP contribution < -0.4 is 0 Å². The average molecular weight is 381 g/mol. The van der Waals surface area contributed by atoms with Crippen LogP contribution in [0, 0.1) is 0 Å². The minimum atomic E-state index is -4.94. The number of carbonyl (C=O) groups is 2. The van der Waals surface area contributed by atoms with Crippen molar-refractivity contribution in [3.05, 3.63) is 35.4 Å². The van der Waals surface area contributed by atoms with E-state index in [9.17, 15) is 22.8 Å². The van der Waals surface area contributed by atoms with E-state index in [1.165, 1.54) is 11.1 Å². The highest BCUT2D eigenvalue weighted by Gasteiger charge is 2.49. The number of carbonyl (C=O) groups excluding carboxylic acids is 2. The molecule has 0 aromatic heterocycles. The van der Waals surface area contributed by atoms with Crippen LogP contribution in [-0.2, 0) is 16.0 Å². The van der Waals surface area contributed by atoms with Crippen LogP contribution in [0.4, 0.5) is 13.2 Å². The van der Waals surface area contributed by atoms with Gasteiger partial charge in [0.15, 0.2) is 0 Å². The Balaban J connectivity index is 1.51. The minimum Gasteiger partial charge on any atom is -0.338 e. The van der Waals surface area contributed by atoms with Gasteiger partial charge in [-0.15, -0.1) is 0 Å². The number of alkyl halides is 3. The van der Waals surface area contributed by atoms with Gasteiger partial charge in [-0.05, 0) is 30.4 Å². The summed E-state index contributed by atoms with van der Waals surface area (Å²) in [6.07, 6.45) is -3.26. The number of hydrogen-bond donors (Lipinski definition) is 0. The zero-order valence-electron chi connectivity index (χ0n) is 14.9. The van der Waals surface area contributed by atoms with Crippen molar-refractivity contribution in [2.75, 3.05) is 32.7 Å². The lowest BCUT2D eigenvalue weighted by atomic mass is 9.91. The van der Waals surface area contributed by atoms with E-state index >= 15 is 0 Å². The predicted octanol–water partition coefficient (Wildman–Crippen LogP) is 1.98. The van der Waals surface area contributed by atoms with E-state index in [2.05, 4.69) is 17.0 Å². The molecular formula is C19H22F3N3O2. The summed E-state index contributed by atoms with van der Waals surface area (Å²) >= 11 is 0. The largest absolute Gasteiger partial charge is 0.471 e. The number of nitrogens with zero attached hydrogens (tertiary/aromatic N) is 3. The van der Waals surface area contributed by atoms with Crippen LogP contribution in [0.2, 0.25) is 0 Å². The molecule has 2 fully saturated rings. The molecule has 1 aromatic carbocycles. The molecule has 0 N–H and O–H groups in total. The molecule has 8 heteroatoms. The molecule has 3 heterocycles. The molecule has 5 nitrogen and oxygen atoms in total. The SMILES string of the molecule is O=C(C1CCCN1C(=O)C(F)(F)F)N1CCN2CCc3ccccc3C2C1. The Morgan fingerprint density at radius 3 is 2.59 bits per heavy atom. The summed E-state index contributed by atoms with van der Waals surface area (Å²) in [4.78, 5) is 29.3. The van der Waals surface area contributed by atoms with E-state index in [1.807, 2.05) is 12.1 Å². The standard InChI is InChI=1S/C19H22F3N3O2/c20-19(21,22)18(27)25-8-3-6-15(25)17(26)24-11-10-23-9-7-13-4-1-2-5-14(13)16(23)12-24/h1-2,4-5,15-16H,3,6-12H2. The normalized spacial score (nSPS) is 25.9. The van der Waals surface area contributed by atoms with Gasteiger partial charge in [-0.25, -0.2) is 0 Å². The lowest BCUT2D eigenvalue weighted by molar-refractivity contribution is -0.187. The van der Waals surface area contributed by atoms with Gasteiger partial charge in [0.05, 0.1) is 6.04 Å². The van der Waals surface area contributed by atoms with Crippen LogP contribution in [0.5, 0.6) is 0 Å². The van der Waals surface area contributed by atoms with Crippen LogP contribution in [0.25, 0.3) is 0 Å². The molecule has 4 rings (SSSR count). The van der Waals surface area contributed by atoms with E-state index in [0.29, 0.717) is 37.4 Å². The quantitative estimate of drug-likeness (QED) is 0.747. The second-order valence-electron chi connectivity index (χ2n) is 7.44.